The second kappa shape index (κ2) is 7.29. The van der Waals surface area contributed by atoms with E-state index in [1.54, 1.807) is 0 Å². The third-order valence-electron chi connectivity index (χ3n) is 2.37. The SMILES string of the molecule is CC(Cc1ccc(Br)cc1)NCCNC(N)=O. The average Bonchev–Trinajstić information content (AvgIpc) is 2.27. The molecule has 0 spiro atoms. The average molecular weight is 300 g/mol. The molecule has 0 aliphatic heterocycles. The second-order valence-electron chi connectivity index (χ2n) is 3.98. The Morgan fingerprint density at radius 1 is 1.35 bits per heavy atom. The normalized spacial score (nSPS) is 12.1. The Labute approximate surface area is 110 Å². The Balaban J connectivity index is 2.22. The quantitative estimate of drug-likeness (QED) is 0.699. The fourth-order valence-electron chi connectivity index (χ4n) is 1.55. The zero-order valence-corrected chi connectivity index (χ0v) is 11.5. The highest BCUT2D eigenvalue weighted by molar-refractivity contribution is 9.10. The van der Waals surface area contributed by atoms with Crippen LogP contribution < -0.4 is 16.4 Å². The van der Waals surface area contributed by atoms with Crippen molar-refractivity contribution in [1.29, 1.82) is 0 Å². The Kier molecular flexibility index (Phi) is 6.00. The molecule has 0 aliphatic rings. The van der Waals surface area contributed by atoms with E-state index in [2.05, 4.69) is 45.6 Å². The first-order chi connectivity index (χ1) is 8.08. The first kappa shape index (κ1) is 14.0. The number of hydrogen-bond acceptors (Lipinski definition) is 2. The fourth-order valence-corrected chi connectivity index (χ4v) is 1.81. The molecule has 0 radical (unpaired) electrons. The second-order valence-corrected chi connectivity index (χ2v) is 4.89. The summed E-state index contributed by atoms with van der Waals surface area (Å²) in [6, 6.07) is 8.17. The predicted octanol–water partition coefficient (Wildman–Crippen LogP) is 1.64. The van der Waals surface area contributed by atoms with E-state index in [0.29, 0.717) is 12.6 Å². The van der Waals surface area contributed by atoms with Gasteiger partial charge in [-0.1, -0.05) is 28.1 Å². The van der Waals surface area contributed by atoms with Gasteiger partial charge in [0.1, 0.15) is 0 Å². The van der Waals surface area contributed by atoms with Gasteiger partial charge in [-0.2, -0.15) is 0 Å². The van der Waals surface area contributed by atoms with Crippen LogP contribution in [0.5, 0.6) is 0 Å². The van der Waals surface area contributed by atoms with Crippen molar-refractivity contribution in [2.75, 3.05) is 13.1 Å². The van der Waals surface area contributed by atoms with Crippen molar-refractivity contribution in [3.63, 3.8) is 0 Å². The number of carbonyl (C=O) groups excluding carboxylic acids is 1. The van der Waals surface area contributed by atoms with Gasteiger partial charge in [0.2, 0.25) is 0 Å². The molecule has 0 fully saturated rings. The summed E-state index contributed by atoms with van der Waals surface area (Å²) >= 11 is 3.41. The molecular weight excluding hydrogens is 282 g/mol. The maximum atomic E-state index is 10.4. The van der Waals surface area contributed by atoms with Crippen molar-refractivity contribution in [2.24, 2.45) is 5.73 Å². The van der Waals surface area contributed by atoms with Gasteiger partial charge >= 0.3 is 6.03 Å². The molecule has 0 saturated heterocycles. The number of rotatable bonds is 6. The minimum atomic E-state index is -0.479. The smallest absolute Gasteiger partial charge is 0.312 e. The molecule has 1 atom stereocenters. The summed E-state index contributed by atoms with van der Waals surface area (Å²) in [5, 5.41) is 5.86. The molecular formula is C12H18BrN3O. The van der Waals surface area contributed by atoms with Gasteiger partial charge < -0.3 is 16.4 Å². The summed E-state index contributed by atoms with van der Waals surface area (Å²) in [6.45, 7) is 3.40. The summed E-state index contributed by atoms with van der Waals surface area (Å²) < 4.78 is 1.09. The molecule has 4 nitrogen and oxygen atoms in total. The lowest BCUT2D eigenvalue weighted by Gasteiger charge is -2.13. The predicted molar refractivity (Wildman–Crippen MR) is 72.9 cm³/mol. The number of amides is 2. The standard InChI is InChI=1S/C12H18BrN3O/c1-9(15-6-7-16-12(14)17)8-10-2-4-11(13)5-3-10/h2-5,9,15H,6-8H2,1H3,(H3,14,16,17). The van der Waals surface area contributed by atoms with Crippen molar-refractivity contribution in [1.82, 2.24) is 10.6 Å². The van der Waals surface area contributed by atoms with Gasteiger partial charge in [0, 0.05) is 23.6 Å². The number of nitrogens with one attached hydrogen (secondary N) is 2. The van der Waals surface area contributed by atoms with Crippen LogP contribution in [0.25, 0.3) is 0 Å². The van der Waals surface area contributed by atoms with E-state index in [4.69, 9.17) is 5.73 Å². The van der Waals surface area contributed by atoms with Gasteiger partial charge in [-0.05, 0) is 31.0 Å². The van der Waals surface area contributed by atoms with Crippen LogP contribution in [-0.2, 0) is 6.42 Å². The first-order valence-corrected chi connectivity index (χ1v) is 6.38. The van der Waals surface area contributed by atoms with Crippen molar-refractivity contribution < 1.29 is 4.79 Å². The van der Waals surface area contributed by atoms with Crippen LogP contribution in [0.4, 0.5) is 4.79 Å². The van der Waals surface area contributed by atoms with Gasteiger partial charge in [-0.15, -0.1) is 0 Å². The summed E-state index contributed by atoms with van der Waals surface area (Å²) in [7, 11) is 0. The largest absolute Gasteiger partial charge is 0.352 e. The Hall–Kier alpha value is -1.07. The van der Waals surface area contributed by atoms with E-state index < -0.39 is 6.03 Å². The monoisotopic (exact) mass is 299 g/mol. The molecule has 0 bridgehead atoms. The highest BCUT2D eigenvalue weighted by Gasteiger charge is 2.02. The van der Waals surface area contributed by atoms with Crippen LogP contribution >= 0.6 is 15.9 Å². The number of hydrogen-bond donors (Lipinski definition) is 3. The minimum absolute atomic E-state index is 0.367. The first-order valence-electron chi connectivity index (χ1n) is 5.59. The van der Waals surface area contributed by atoms with Gasteiger partial charge in [0.05, 0.1) is 0 Å². The molecule has 4 N–H and O–H groups in total. The third-order valence-corrected chi connectivity index (χ3v) is 2.90. The van der Waals surface area contributed by atoms with Crippen LogP contribution in [0.15, 0.2) is 28.7 Å². The van der Waals surface area contributed by atoms with Gasteiger partial charge in [-0.3, -0.25) is 0 Å². The van der Waals surface area contributed by atoms with Crippen LogP contribution in [-0.4, -0.2) is 25.2 Å². The lowest BCUT2D eigenvalue weighted by molar-refractivity contribution is 0.249. The molecule has 5 heteroatoms. The Bertz CT molecular complexity index is 353. The molecule has 94 valence electrons. The lowest BCUT2D eigenvalue weighted by Crippen LogP contribution is -2.38. The molecule has 1 unspecified atom stereocenters. The van der Waals surface area contributed by atoms with E-state index in [-0.39, 0.29) is 0 Å². The van der Waals surface area contributed by atoms with E-state index in [9.17, 15) is 4.79 Å². The number of halogens is 1. The number of benzene rings is 1. The van der Waals surface area contributed by atoms with Crippen molar-refractivity contribution >= 4 is 22.0 Å². The number of nitrogens with two attached hydrogens (primary N) is 1. The third kappa shape index (κ3) is 6.28. The lowest BCUT2D eigenvalue weighted by atomic mass is 10.1. The highest BCUT2D eigenvalue weighted by Crippen LogP contribution is 2.11. The van der Waals surface area contributed by atoms with Crippen LogP contribution in [0.1, 0.15) is 12.5 Å². The minimum Gasteiger partial charge on any atom is -0.352 e. The summed E-state index contributed by atoms with van der Waals surface area (Å²) in [4.78, 5) is 10.4. The zero-order valence-electron chi connectivity index (χ0n) is 9.87. The summed E-state index contributed by atoms with van der Waals surface area (Å²) in [5.41, 5.74) is 6.25. The molecule has 0 aromatic heterocycles. The molecule has 0 saturated carbocycles. The van der Waals surface area contributed by atoms with Crippen molar-refractivity contribution in [3.05, 3.63) is 34.3 Å². The van der Waals surface area contributed by atoms with Crippen LogP contribution in [0.3, 0.4) is 0 Å². The molecule has 1 rings (SSSR count). The molecule has 17 heavy (non-hydrogen) atoms. The highest BCUT2D eigenvalue weighted by atomic mass is 79.9. The van der Waals surface area contributed by atoms with Crippen LogP contribution in [0.2, 0.25) is 0 Å². The van der Waals surface area contributed by atoms with E-state index >= 15 is 0 Å². The molecule has 0 aliphatic carbocycles. The topological polar surface area (TPSA) is 67.2 Å². The van der Waals surface area contributed by atoms with E-state index in [0.717, 1.165) is 17.4 Å². The van der Waals surface area contributed by atoms with Crippen molar-refractivity contribution in [2.45, 2.75) is 19.4 Å². The van der Waals surface area contributed by atoms with Gasteiger partial charge in [-0.25, -0.2) is 4.79 Å². The summed E-state index contributed by atoms with van der Waals surface area (Å²) in [5.74, 6) is 0. The van der Waals surface area contributed by atoms with Crippen LogP contribution in [0, 0.1) is 0 Å². The number of urea groups is 1. The number of primary amides is 1. The molecule has 1 aromatic rings. The summed E-state index contributed by atoms with van der Waals surface area (Å²) in [6.07, 6.45) is 0.962. The van der Waals surface area contributed by atoms with E-state index in [1.807, 2.05) is 12.1 Å². The Morgan fingerprint density at radius 3 is 2.59 bits per heavy atom. The maximum Gasteiger partial charge on any atom is 0.312 e. The van der Waals surface area contributed by atoms with Gasteiger partial charge in [0.15, 0.2) is 0 Å². The molecule has 0 heterocycles. The fraction of sp³-hybridized carbons (Fsp3) is 0.417. The van der Waals surface area contributed by atoms with E-state index in [1.165, 1.54) is 5.56 Å². The number of carbonyl (C=O) groups is 1. The molecule has 1 aromatic carbocycles. The van der Waals surface area contributed by atoms with Gasteiger partial charge in [0.25, 0.3) is 0 Å². The zero-order chi connectivity index (χ0) is 12.7. The molecule has 2 amide bonds. The Morgan fingerprint density at radius 2 is 2.00 bits per heavy atom. The van der Waals surface area contributed by atoms with Crippen molar-refractivity contribution in [3.8, 4) is 0 Å². The maximum absolute atomic E-state index is 10.4.